The summed E-state index contributed by atoms with van der Waals surface area (Å²) in [6, 6.07) is 17.7. The lowest BCUT2D eigenvalue weighted by atomic mass is 10.1. The molecule has 1 aromatic heterocycles. The van der Waals surface area contributed by atoms with Gasteiger partial charge in [0.05, 0.1) is 17.7 Å². The highest BCUT2D eigenvalue weighted by molar-refractivity contribution is 7.13. The Morgan fingerprint density at radius 2 is 1.78 bits per heavy atom. The maximum Gasteiger partial charge on any atom is 0.273 e. The summed E-state index contributed by atoms with van der Waals surface area (Å²) >= 11 is 1.49. The van der Waals surface area contributed by atoms with Gasteiger partial charge in [-0.1, -0.05) is 12.1 Å². The predicted molar refractivity (Wildman–Crippen MR) is 126 cm³/mol. The van der Waals surface area contributed by atoms with Gasteiger partial charge in [-0.05, 0) is 55.8 Å². The SMILES string of the molecule is CC(C)Oc1ccc(-c2nc(C(=O)N3CCN(Cc4ccc(C#N)cc4)CC3)cs2)cc1. The van der Waals surface area contributed by atoms with Crippen molar-refractivity contribution in [3.8, 4) is 22.4 Å². The molecule has 0 aliphatic carbocycles. The van der Waals surface area contributed by atoms with E-state index in [0.717, 1.165) is 36.0 Å². The Morgan fingerprint density at radius 3 is 2.41 bits per heavy atom. The van der Waals surface area contributed by atoms with Gasteiger partial charge in [-0.2, -0.15) is 5.26 Å². The summed E-state index contributed by atoms with van der Waals surface area (Å²) in [5, 5.41) is 11.6. The molecule has 0 N–H and O–H groups in total. The van der Waals surface area contributed by atoms with Crippen molar-refractivity contribution >= 4 is 17.2 Å². The third-order valence-corrected chi connectivity index (χ3v) is 6.24. The largest absolute Gasteiger partial charge is 0.491 e. The zero-order valence-corrected chi connectivity index (χ0v) is 19.1. The topological polar surface area (TPSA) is 69.5 Å². The van der Waals surface area contributed by atoms with Crippen LogP contribution >= 0.6 is 11.3 Å². The van der Waals surface area contributed by atoms with Crippen molar-refractivity contribution < 1.29 is 9.53 Å². The molecule has 4 rings (SSSR count). The first-order valence-electron chi connectivity index (χ1n) is 10.7. The lowest BCUT2D eigenvalue weighted by Gasteiger charge is -2.34. The number of carbonyl (C=O) groups is 1. The molecule has 0 spiro atoms. The molecule has 1 fully saturated rings. The third-order valence-electron chi connectivity index (χ3n) is 5.35. The van der Waals surface area contributed by atoms with E-state index in [2.05, 4.69) is 16.0 Å². The highest BCUT2D eigenvalue weighted by Gasteiger charge is 2.24. The summed E-state index contributed by atoms with van der Waals surface area (Å²) in [6.07, 6.45) is 0.134. The van der Waals surface area contributed by atoms with Crippen LogP contribution in [0.2, 0.25) is 0 Å². The van der Waals surface area contributed by atoms with Gasteiger partial charge in [0.1, 0.15) is 16.5 Å². The van der Waals surface area contributed by atoms with Gasteiger partial charge in [0, 0.05) is 43.7 Å². The molecule has 0 unspecified atom stereocenters. The average Bonchev–Trinajstić information content (AvgIpc) is 3.30. The second-order valence-corrected chi connectivity index (χ2v) is 8.96. The second kappa shape index (κ2) is 9.94. The number of ether oxygens (including phenoxy) is 1. The van der Waals surface area contributed by atoms with E-state index in [1.165, 1.54) is 16.9 Å². The number of aromatic nitrogens is 1. The third kappa shape index (κ3) is 5.34. The van der Waals surface area contributed by atoms with Crippen molar-refractivity contribution in [1.29, 1.82) is 5.26 Å². The van der Waals surface area contributed by atoms with Crippen LogP contribution in [0.15, 0.2) is 53.9 Å². The van der Waals surface area contributed by atoms with Gasteiger partial charge in [-0.15, -0.1) is 11.3 Å². The van der Waals surface area contributed by atoms with Crippen molar-refractivity contribution in [3.05, 3.63) is 70.7 Å². The standard InChI is InChI=1S/C25H26N4O2S/c1-18(2)31-22-9-7-21(8-10-22)24-27-23(17-32-24)25(30)29-13-11-28(12-14-29)16-20-5-3-19(15-26)4-6-20/h3-10,17-18H,11-14,16H2,1-2H3. The number of carbonyl (C=O) groups excluding carboxylic acids is 1. The fraction of sp³-hybridized carbons (Fsp3) is 0.320. The van der Waals surface area contributed by atoms with Crippen molar-refractivity contribution in [2.45, 2.75) is 26.5 Å². The molecule has 1 saturated heterocycles. The highest BCUT2D eigenvalue weighted by atomic mass is 32.1. The molecule has 6 nitrogen and oxygen atoms in total. The Hall–Kier alpha value is -3.21. The lowest BCUT2D eigenvalue weighted by Crippen LogP contribution is -2.48. The summed E-state index contributed by atoms with van der Waals surface area (Å²) in [7, 11) is 0. The molecule has 1 amide bonds. The number of piperazine rings is 1. The molecule has 0 saturated carbocycles. The lowest BCUT2D eigenvalue weighted by molar-refractivity contribution is 0.0623. The van der Waals surface area contributed by atoms with Crippen LogP contribution in [0.5, 0.6) is 5.75 Å². The van der Waals surface area contributed by atoms with Crippen LogP contribution in [-0.2, 0) is 6.54 Å². The van der Waals surface area contributed by atoms with E-state index < -0.39 is 0 Å². The quantitative estimate of drug-likeness (QED) is 0.560. The van der Waals surface area contributed by atoms with Crippen LogP contribution in [-0.4, -0.2) is 53.0 Å². The smallest absolute Gasteiger partial charge is 0.273 e. The van der Waals surface area contributed by atoms with Gasteiger partial charge >= 0.3 is 0 Å². The number of rotatable bonds is 6. The molecule has 0 atom stereocenters. The van der Waals surface area contributed by atoms with E-state index in [1.54, 1.807) is 0 Å². The Morgan fingerprint density at radius 1 is 1.09 bits per heavy atom. The molecule has 7 heteroatoms. The van der Waals surface area contributed by atoms with Crippen LogP contribution in [0.3, 0.4) is 0 Å². The van der Waals surface area contributed by atoms with Crippen molar-refractivity contribution in [2.75, 3.05) is 26.2 Å². The molecular formula is C25H26N4O2S. The molecule has 1 aliphatic rings. The van der Waals surface area contributed by atoms with E-state index in [9.17, 15) is 4.79 Å². The van der Waals surface area contributed by atoms with Crippen molar-refractivity contribution in [2.24, 2.45) is 0 Å². The van der Waals surface area contributed by atoms with Gasteiger partial charge in [0.2, 0.25) is 0 Å². The zero-order valence-electron chi connectivity index (χ0n) is 18.3. The maximum absolute atomic E-state index is 13.0. The van der Waals surface area contributed by atoms with Gasteiger partial charge in [0.25, 0.3) is 5.91 Å². The maximum atomic E-state index is 13.0. The predicted octanol–water partition coefficient (Wildman–Crippen LogP) is 4.43. The minimum absolute atomic E-state index is 0.00900. The Kier molecular flexibility index (Phi) is 6.84. The second-order valence-electron chi connectivity index (χ2n) is 8.11. The monoisotopic (exact) mass is 446 g/mol. The van der Waals surface area contributed by atoms with Crippen LogP contribution in [0.1, 0.15) is 35.5 Å². The molecule has 1 aliphatic heterocycles. The fourth-order valence-electron chi connectivity index (χ4n) is 3.67. The summed E-state index contributed by atoms with van der Waals surface area (Å²) in [4.78, 5) is 21.8. The number of amides is 1. The number of nitriles is 1. The van der Waals surface area contributed by atoms with Crippen LogP contribution in [0.25, 0.3) is 10.6 Å². The summed E-state index contributed by atoms with van der Waals surface area (Å²) < 4.78 is 5.69. The van der Waals surface area contributed by atoms with E-state index in [-0.39, 0.29) is 12.0 Å². The van der Waals surface area contributed by atoms with Crippen LogP contribution in [0.4, 0.5) is 0 Å². The van der Waals surface area contributed by atoms with Gasteiger partial charge in [-0.25, -0.2) is 4.98 Å². The molecule has 0 bridgehead atoms. The molecule has 3 aromatic rings. The van der Waals surface area contributed by atoms with Crippen LogP contribution in [0, 0.1) is 11.3 Å². The number of hydrogen-bond acceptors (Lipinski definition) is 6. The number of thiazole rings is 1. The summed E-state index contributed by atoms with van der Waals surface area (Å²) in [5.74, 6) is 0.820. The van der Waals surface area contributed by atoms with Crippen molar-refractivity contribution in [1.82, 2.24) is 14.8 Å². The molecule has 2 aromatic carbocycles. The average molecular weight is 447 g/mol. The van der Waals surface area contributed by atoms with Gasteiger partial charge in [-0.3, -0.25) is 9.69 Å². The normalized spacial score (nSPS) is 14.4. The molecule has 164 valence electrons. The van der Waals surface area contributed by atoms with Crippen LogP contribution < -0.4 is 4.74 Å². The number of nitrogens with zero attached hydrogens (tertiary/aromatic N) is 4. The first-order chi connectivity index (χ1) is 15.5. The van der Waals surface area contributed by atoms with Gasteiger partial charge in [0.15, 0.2) is 0 Å². The van der Waals surface area contributed by atoms with E-state index in [1.807, 2.05) is 72.7 Å². The minimum Gasteiger partial charge on any atom is -0.491 e. The minimum atomic E-state index is -0.00900. The summed E-state index contributed by atoms with van der Waals surface area (Å²) in [5.41, 5.74) is 3.34. The number of hydrogen-bond donors (Lipinski definition) is 0. The van der Waals surface area contributed by atoms with E-state index in [4.69, 9.17) is 10.00 Å². The summed E-state index contributed by atoms with van der Waals surface area (Å²) in [6.45, 7) is 7.83. The first kappa shape index (κ1) is 22.0. The van der Waals surface area contributed by atoms with E-state index >= 15 is 0 Å². The highest BCUT2D eigenvalue weighted by Crippen LogP contribution is 2.27. The number of benzene rings is 2. The van der Waals surface area contributed by atoms with Crippen molar-refractivity contribution in [3.63, 3.8) is 0 Å². The Labute approximate surface area is 192 Å². The fourth-order valence-corrected chi connectivity index (χ4v) is 4.47. The molecule has 2 heterocycles. The molecule has 32 heavy (non-hydrogen) atoms. The van der Waals surface area contributed by atoms with E-state index in [0.29, 0.717) is 24.3 Å². The molecular weight excluding hydrogens is 420 g/mol. The van der Waals surface area contributed by atoms with Gasteiger partial charge < -0.3 is 9.64 Å². The zero-order chi connectivity index (χ0) is 22.5. The Bertz CT molecular complexity index is 1090. The first-order valence-corrected chi connectivity index (χ1v) is 11.6. The Balaban J connectivity index is 1.32. The molecule has 0 radical (unpaired) electrons.